The molecule has 2 aromatic carbocycles. The van der Waals surface area contributed by atoms with Crippen LogP contribution in [0.1, 0.15) is 36.7 Å². The first-order valence-electron chi connectivity index (χ1n) is 6.82. The zero-order valence-electron chi connectivity index (χ0n) is 12.6. The second-order valence-electron chi connectivity index (χ2n) is 6.07. The highest BCUT2D eigenvalue weighted by atomic mass is 35.5. The van der Waals surface area contributed by atoms with Crippen molar-refractivity contribution in [3.05, 3.63) is 52.5 Å². The topological polar surface area (TPSA) is 69.6 Å². The lowest BCUT2D eigenvalue weighted by atomic mass is 9.86. The van der Waals surface area contributed by atoms with Crippen LogP contribution in [0.15, 0.2) is 36.4 Å². The summed E-state index contributed by atoms with van der Waals surface area (Å²) in [6, 6.07) is 9.52. The van der Waals surface area contributed by atoms with Gasteiger partial charge in [0.2, 0.25) is 0 Å². The maximum absolute atomic E-state index is 12.2. The third-order valence-electron chi connectivity index (χ3n) is 3.29. The molecule has 0 aromatic heterocycles. The monoisotopic (exact) mass is 319 g/mol. The van der Waals surface area contributed by atoms with Crippen molar-refractivity contribution in [3.8, 4) is 11.5 Å². The van der Waals surface area contributed by atoms with Gasteiger partial charge in [-0.15, -0.1) is 0 Å². The number of rotatable bonds is 2. The summed E-state index contributed by atoms with van der Waals surface area (Å²) in [4.78, 5) is 12.2. The van der Waals surface area contributed by atoms with Crippen molar-refractivity contribution in [2.24, 2.45) is 0 Å². The molecule has 1 amide bonds. The number of carbonyl (C=O) groups is 1. The molecule has 0 aliphatic heterocycles. The SMILES string of the molecule is CC(C)(C)c1ccc(O)c(NC(=O)c2cccc(Cl)c2)c1O. The predicted octanol–water partition coefficient (Wildman–Crippen LogP) is 4.30. The Bertz CT molecular complexity index is 720. The standard InChI is InChI=1S/C17H18ClNO3/c1-17(2,3)12-7-8-13(20)14(15(12)21)19-16(22)10-5-4-6-11(18)9-10/h4-9,20-21H,1-3H3,(H,19,22). The third-order valence-corrected chi connectivity index (χ3v) is 3.52. The number of benzene rings is 2. The van der Waals surface area contributed by atoms with Crippen molar-refractivity contribution in [1.29, 1.82) is 0 Å². The van der Waals surface area contributed by atoms with Gasteiger partial charge in [0.1, 0.15) is 17.2 Å². The van der Waals surface area contributed by atoms with Crippen molar-refractivity contribution < 1.29 is 15.0 Å². The number of aromatic hydroxyl groups is 2. The Kier molecular flexibility index (Phi) is 4.33. The lowest BCUT2D eigenvalue weighted by Crippen LogP contribution is -2.15. The van der Waals surface area contributed by atoms with Gasteiger partial charge in [0.15, 0.2) is 0 Å². The van der Waals surface area contributed by atoms with E-state index in [9.17, 15) is 15.0 Å². The lowest BCUT2D eigenvalue weighted by molar-refractivity contribution is 0.102. The average Bonchev–Trinajstić information content (AvgIpc) is 2.41. The smallest absolute Gasteiger partial charge is 0.255 e. The van der Waals surface area contributed by atoms with Crippen LogP contribution in [-0.2, 0) is 5.41 Å². The molecule has 2 aromatic rings. The van der Waals surface area contributed by atoms with Gasteiger partial charge in [0.05, 0.1) is 0 Å². The Morgan fingerprint density at radius 2 is 1.82 bits per heavy atom. The van der Waals surface area contributed by atoms with E-state index >= 15 is 0 Å². The van der Waals surface area contributed by atoms with E-state index in [1.54, 1.807) is 24.3 Å². The molecule has 3 N–H and O–H groups in total. The van der Waals surface area contributed by atoms with Crippen LogP contribution in [0.2, 0.25) is 5.02 Å². The molecule has 0 atom stereocenters. The maximum atomic E-state index is 12.2. The summed E-state index contributed by atoms with van der Waals surface area (Å²) in [6.07, 6.45) is 0. The number of hydrogen-bond donors (Lipinski definition) is 3. The highest BCUT2D eigenvalue weighted by Gasteiger charge is 2.23. The molecule has 0 saturated carbocycles. The molecule has 0 radical (unpaired) electrons. The van der Waals surface area contributed by atoms with Crippen molar-refractivity contribution in [1.82, 2.24) is 0 Å². The molecule has 22 heavy (non-hydrogen) atoms. The Morgan fingerprint density at radius 3 is 2.41 bits per heavy atom. The van der Waals surface area contributed by atoms with Crippen LogP contribution in [0.4, 0.5) is 5.69 Å². The van der Waals surface area contributed by atoms with E-state index in [2.05, 4.69) is 5.32 Å². The Morgan fingerprint density at radius 1 is 1.14 bits per heavy atom. The van der Waals surface area contributed by atoms with Crippen LogP contribution in [0.3, 0.4) is 0 Å². The largest absolute Gasteiger partial charge is 0.506 e. The lowest BCUT2D eigenvalue weighted by Gasteiger charge is -2.22. The molecule has 5 heteroatoms. The number of phenolic OH excluding ortho intramolecular Hbond substituents is 2. The quantitative estimate of drug-likeness (QED) is 0.723. The number of hydrogen-bond acceptors (Lipinski definition) is 3. The molecule has 0 unspecified atom stereocenters. The second-order valence-corrected chi connectivity index (χ2v) is 6.51. The molecule has 2 rings (SSSR count). The van der Waals surface area contributed by atoms with E-state index in [0.29, 0.717) is 16.1 Å². The number of amides is 1. The Hall–Kier alpha value is -2.20. The van der Waals surface area contributed by atoms with Crippen LogP contribution in [0.5, 0.6) is 11.5 Å². The van der Waals surface area contributed by atoms with Crippen molar-refractivity contribution >= 4 is 23.2 Å². The number of phenols is 2. The van der Waals surface area contributed by atoms with Crippen LogP contribution < -0.4 is 5.32 Å². The highest BCUT2D eigenvalue weighted by Crippen LogP contribution is 2.41. The number of anilines is 1. The van der Waals surface area contributed by atoms with Gasteiger partial charge in [-0.3, -0.25) is 4.79 Å². The number of nitrogens with one attached hydrogen (secondary N) is 1. The van der Waals surface area contributed by atoms with Crippen molar-refractivity contribution in [2.75, 3.05) is 5.32 Å². The summed E-state index contributed by atoms with van der Waals surface area (Å²) in [5.41, 5.74) is 0.643. The van der Waals surface area contributed by atoms with Gasteiger partial charge < -0.3 is 15.5 Å². The van der Waals surface area contributed by atoms with Gasteiger partial charge >= 0.3 is 0 Å². The summed E-state index contributed by atoms with van der Waals surface area (Å²) in [5.74, 6) is -0.789. The summed E-state index contributed by atoms with van der Waals surface area (Å²) in [7, 11) is 0. The third kappa shape index (κ3) is 3.34. The van der Waals surface area contributed by atoms with Crippen LogP contribution in [0, 0.1) is 0 Å². The highest BCUT2D eigenvalue weighted by molar-refractivity contribution is 6.31. The summed E-state index contributed by atoms with van der Waals surface area (Å²) in [6.45, 7) is 5.80. The molecule has 0 spiro atoms. The minimum Gasteiger partial charge on any atom is -0.506 e. The fourth-order valence-corrected chi connectivity index (χ4v) is 2.31. The van der Waals surface area contributed by atoms with E-state index < -0.39 is 5.91 Å². The minimum absolute atomic E-state index is 0.00241. The first kappa shape index (κ1) is 16.2. The Labute approximate surface area is 134 Å². The maximum Gasteiger partial charge on any atom is 0.255 e. The molecule has 116 valence electrons. The molecule has 0 aliphatic carbocycles. The van der Waals surface area contributed by atoms with Crippen LogP contribution >= 0.6 is 11.6 Å². The van der Waals surface area contributed by atoms with E-state index in [4.69, 9.17) is 11.6 Å². The molecule has 0 aliphatic rings. The van der Waals surface area contributed by atoms with Crippen LogP contribution in [0.25, 0.3) is 0 Å². The van der Waals surface area contributed by atoms with Gasteiger partial charge in [-0.05, 0) is 29.7 Å². The number of carbonyl (C=O) groups excluding carboxylic acids is 1. The molecule has 0 saturated heterocycles. The molecular formula is C17H18ClNO3. The molecule has 0 fully saturated rings. The predicted molar refractivity (Wildman–Crippen MR) is 87.9 cm³/mol. The van der Waals surface area contributed by atoms with Gasteiger partial charge in [0.25, 0.3) is 5.91 Å². The molecule has 4 nitrogen and oxygen atoms in total. The summed E-state index contributed by atoms with van der Waals surface area (Å²) >= 11 is 5.86. The van der Waals surface area contributed by atoms with Crippen LogP contribution in [-0.4, -0.2) is 16.1 Å². The van der Waals surface area contributed by atoms with E-state index in [1.807, 2.05) is 20.8 Å². The van der Waals surface area contributed by atoms with Gasteiger partial charge in [-0.1, -0.05) is 44.5 Å². The van der Waals surface area contributed by atoms with E-state index in [1.165, 1.54) is 12.1 Å². The average molecular weight is 320 g/mol. The van der Waals surface area contributed by atoms with E-state index in [0.717, 1.165) is 0 Å². The first-order chi connectivity index (χ1) is 10.2. The first-order valence-corrected chi connectivity index (χ1v) is 7.20. The van der Waals surface area contributed by atoms with Gasteiger partial charge in [-0.2, -0.15) is 0 Å². The molecule has 0 bridgehead atoms. The van der Waals surface area contributed by atoms with Gasteiger partial charge in [0, 0.05) is 16.1 Å². The zero-order valence-corrected chi connectivity index (χ0v) is 13.4. The van der Waals surface area contributed by atoms with Gasteiger partial charge in [-0.25, -0.2) is 0 Å². The van der Waals surface area contributed by atoms with Crippen molar-refractivity contribution in [2.45, 2.75) is 26.2 Å². The Balaban J connectivity index is 2.39. The summed E-state index contributed by atoms with van der Waals surface area (Å²) in [5, 5.41) is 23.3. The minimum atomic E-state index is -0.459. The summed E-state index contributed by atoms with van der Waals surface area (Å²) < 4.78 is 0. The molecule has 0 heterocycles. The fourth-order valence-electron chi connectivity index (χ4n) is 2.12. The normalized spacial score (nSPS) is 11.3. The van der Waals surface area contributed by atoms with Crippen molar-refractivity contribution in [3.63, 3.8) is 0 Å². The second kappa shape index (κ2) is 5.89. The molecular weight excluding hydrogens is 302 g/mol. The van der Waals surface area contributed by atoms with E-state index in [-0.39, 0.29) is 22.6 Å². The zero-order chi connectivity index (χ0) is 16.5. The number of halogens is 1. The fraction of sp³-hybridized carbons (Fsp3) is 0.235.